The topological polar surface area (TPSA) is 55.9 Å². The van der Waals surface area contributed by atoms with Crippen LogP contribution in [-0.2, 0) is 19.9 Å². The first-order chi connectivity index (χ1) is 9.17. The molecule has 0 bridgehead atoms. The van der Waals surface area contributed by atoms with E-state index in [0.717, 1.165) is 23.0 Å². The SMILES string of the molecule is CCc1nn(C)c(CC(NN)C2CCCCS2)c1Br. The second-order valence-corrected chi connectivity index (χ2v) is 7.21. The van der Waals surface area contributed by atoms with E-state index in [9.17, 15) is 0 Å². The second kappa shape index (κ2) is 7.11. The molecule has 0 amide bonds. The fourth-order valence-electron chi connectivity index (χ4n) is 2.63. The van der Waals surface area contributed by atoms with Gasteiger partial charge in [0.15, 0.2) is 0 Å². The summed E-state index contributed by atoms with van der Waals surface area (Å²) in [6.45, 7) is 2.13. The Kier molecular flexibility index (Phi) is 5.74. The van der Waals surface area contributed by atoms with Crippen molar-refractivity contribution in [3.05, 3.63) is 15.9 Å². The van der Waals surface area contributed by atoms with Crippen molar-refractivity contribution < 1.29 is 0 Å². The van der Waals surface area contributed by atoms with Gasteiger partial charge in [0.2, 0.25) is 0 Å². The molecule has 2 atom stereocenters. The van der Waals surface area contributed by atoms with Crippen molar-refractivity contribution in [1.29, 1.82) is 0 Å². The van der Waals surface area contributed by atoms with E-state index in [-0.39, 0.29) is 0 Å². The van der Waals surface area contributed by atoms with Gasteiger partial charge in [0, 0.05) is 24.8 Å². The van der Waals surface area contributed by atoms with E-state index in [1.807, 2.05) is 11.7 Å². The molecule has 2 heterocycles. The van der Waals surface area contributed by atoms with Crippen LogP contribution in [0, 0.1) is 0 Å². The zero-order valence-corrected chi connectivity index (χ0v) is 14.1. The van der Waals surface area contributed by atoms with Gasteiger partial charge < -0.3 is 0 Å². The predicted molar refractivity (Wildman–Crippen MR) is 85.2 cm³/mol. The summed E-state index contributed by atoms with van der Waals surface area (Å²) in [4.78, 5) is 0. The summed E-state index contributed by atoms with van der Waals surface area (Å²) in [5.74, 6) is 7.04. The number of thioether (sulfide) groups is 1. The molecule has 0 radical (unpaired) electrons. The number of hydrogen-bond donors (Lipinski definition) is 2. The molecular formula is C13H23BrN4S. The summed E-state index contributed by atoms with van der Waals surface area (Å²) in [5, 5.41) is 5.17. The zero-order valence-electron chi connectivity index (χ0n) is 11.7. The Morgan fingerprint density at radius 2 is 2.37 bits per heavy atom. The second-order valence-electron chi connectivity index (χ2n) is 5.07. The molecule has 108 valence electrons. The molecule has 0 spiro atoms. The van der Waals surface area contributed by atoms with Crippen molar-refractivity contribution in [2.75, 3.05) is 5.75 Å². The van der Waals surface area contributed by atoms with Crippen molar-refractivity contribution in [2.24, 2.45) is 12.9 Å². The Hall–Kier alpha value is -0.0400. The van der Waals surface area contributed by atoms with Crippen LogP contribution in [0.3, 0.4) is 0 Å². The summed E-state index contributed by atoms with van der Waals surface area (Å²) < 4.78 is 3.14. The summed E-state index contributed by atoms with van der Waals surface area (Å²) >= 11 is 5.74. The molecule has 1 aliphatic rings. The molecule has 1 aromatic rings. The summed E-state index contributed by atoms with van der Waals surface area (Å²) in [7, 11) is 2.01. The highest BCUT2D eigenvalue weighted by Crippen LogP contribution is 2.30. The van der Waals surface area contributed by atoms with Crippen LogP contribution in [0.25, 0.3) is 0 Å². The van der Waals surface area contributed by atoms with E-state index in [1.165, 1.54) is 30.7 Å². The van der Waals surface area contributed by atoms with E-state index in [0.29, 0.717) is 11.3 Å². The fraction of sp³-hybridized carbons (Fsp3) is 0.769. The van der Waals surface area contributed by atoms with Crippen LogP contribution < -0.4 is 11.3 Å². The van der Waals surface area contributed by atoms with Crippen LogP contribution in [0.5, 0.6) is 0 Å². The highest BCUT2D eigenvalue weighted by atomic mass is 79.9. The molecule has 1 aromatic heterocycles. The highest BCUT2D eigenvalue weighted by molar-refractivity contribution is 9.10. The minimum absolute atomic E-state index is 0.321. The Bertz CT molecular complexity index is 415. The Morgan fingerprint density at radius 3 is 2.89 bits per heavy atom. The van der Waals surface area contributed by atoms with Gasteiger partial charge in [-0.3, -0.25) is 16.0 Å². The van der Waals surface area contributed by atoms with Crippen molar-refractivity contribution >= 4 is 27.7 Å². The third-order valence-electron chi connectivity index (χ3n) is 3.79. The number of halogens is 1. The highest BCUT2D eigenvalue weighted by Gasteiger charge is 2.26. The number of nitrogens with zero attached hydrogens (tertiary/aromatic N) is 2. The minimum Gasteiger partial charge on any atom is -0.271 e. The van der Waals surface area contributed by atoms with Crippen molar-refractivity contribution in [2.45, 2.75) is 50.3 Å². The van der Waals surface area contributed by atoms with Gasteiger partial charge in [-0.25, -0.2) is 0 Å². The number of hydrogen-bond acceptors (Lipinski definition) is 4. The number of rotatable bonds is 5. The number of aromatic nitrogens is 2. The first kappa shape index (κ1) is 15.4. The van der Waals surface area contributed by atoms with Gasteiger partial charge in [0.25, 0.3) is 0 Å². The molecule has 6 heteroatoms. The largest absolute Gasteiger partial charge is 0.271 e. The predicted octanol–water partition coefficient (Wildman–Crippen LogP) is 2.41. The molecule has 0 aromatic carbocycles. The monoisotopic (exact) mass is 346 g/mol. The smallest absolute Gasteiger partial charge is 0.0766 e. The van der Waals surface area contributed by atoms with E-state index in [2.05, 4.69) is 45.1 Å². The lowest BCUT2D eigenvalue weighted by atomic mass is 10.0. The molecular weight excluding hydrogens is 324 g/mol. The van der Waals surface area contributed by atoms with Crippen LogP contribution >= 0.6 is 27.7 Å². The maximum absolute atomic E-state index is 5.78. The van der Waals surface area contributed by atoms with Gasteiger partial charge in [-0.05, 0) is 40.9 Å². The molecule has 1 aliphatic heterocycles. The number of aryl methyl sites for hydroxylation is 2. The molecule has 4 nitrogen and oxygen atoms in total. The molecule has 1 saturated heterocycles. The third-order valence-corrected chi connectivity index (χ3v) is 6.23. The van der Waals surface area contributed by atoms with Crippen LogP contribution in [0.2, 0.25) is 0 Å². The number of nitrogens with two attached hydrogens (primary N) is 1. The van der Waals surface area contributed by atoms with Crippen LogP contribution in [0.15, 0.2) is 4.47 Å². The van der Waals surface area contributed by atoms with E-state index in [4.69, 9.17) is 5.84 Å². The molecule has 2 rings (SSSR count). The summed E-state index contributed by atoms with van der Waals surface area (Å²) in [5.41, 5.74) is 5.39. The number of nitrogens with one attached hydrogen (secondary N) is 1. The van der Waals surface area contributed by atoms with Gasteiger partial charge >= 0.3 is 0 Å². The van der Waals surface area contributed by atoms with Crippen molar-refractivity contribution in [3.8, 4) is 0 Å². The lowest BCUT2D eigenvalue weighted by Gasteiger charge is -2.29. The van der Waals surface area contributed by atoms with Crippen LogP contribution in [0.1, 0.15) is 37.6 Å². The first-order valence-electron chi connectivity index (χ1n) is 6.95. The maximum Gasteiger partial charge on any atom is 0.0766 e. The minimum atomic E-state index is 0.321. The maximum atomic E-state index is 5.78. The first-order valence-corrected chi connectivity index (χ1v) is 8.79. The Balaban J connectivity index is 2.11. The normalized spacial score (nSPS) is 21.6. The summed E-state index contributed by atoms with van der Waals surface area (Å²) in [6, 6.07) is 0.321. The standard InChI is InChI=1S/C13H23BrN4S/c1-3-9-13(14)11(18(2)17-9)8-10(16-15)12-6-4-5-7-19-12/h10,12,16H,3-8,15H2,1-2H3. The van der Waals surface area contributed by atoms with E-state index in [1.54, 1.807) is 0 Å². The third kappa shape index (κ3) is 3.54. The molecule has 3 N–H and O–H groups in total. The van der Waals surface area contributed by atoms with Gasteiger partial charge in [-0.1, -0.05) is 13.3 Å². The van der Waals surface area contributed by atoms with Crippen molar-refractivity contribution in [1.82, 2.24) is 15.2 Å². The van der Waals surface area contributed by atoms with Gasteiger partial charge in [-0.15, -0.1) is 0 Å². The molecule has 1 fully saturated rings. The van der Waals surface area contributed by atoms with Crippen LogP contribution in [0.4, 0.5) is 0 Å². The molecule has 2 unspecified atom stereocenters. The molecule has 0 aliphatic carbocycles. The fourth-order valence-corrected chi connectivity index (χ4v) is 4.82. The average molecular weight is 347 g/mol. The van der Waals surface area contributed by atoms with E-state index < -0.39 is 0 Å². The van der Waals surface area contributed by atoms with Crippen molar-refractivity contribution in [3.63, 3.8) is 0 Å². The Morgan fingerprint density at radius 1 is 1.58 bits per heavy atom. The zero-order chi connectivity index (χ0) is 13.8. The number of hydrazine groups is 1. The van der Waals surface area contributed by atoms with Gasteiger partial charge in [-0.2, -0.15) is 16.9 Å². The lowest BCUT2D eigenvalue weighted by molar-refractivity contribution is 0.460. The molecule has 19 heavy (non-hydrogen) atoms. The van der Waals surface area contributed by atoms with Gasteiger partial charge in [0.1, 0.15) is 0 Å². The molecule has 0 saturated carbocycles. The average Bonchev–Trinajstić information content (AvgIpc) is 2.72. The van der Waals surface area contributed by atoms with Gasteiger partial charge in [0.05, 0.1) is 15.9 Å². The lowest BCUT2D eigenvalue weighted by Crippen LogP contribution is -2.45. The van der Waals surface area contributed by atoms with Crippen LogP contribution in [-0.4, -0.2) is 26.8 Å². The Labute approximate surface area is 128 Å². The quantitative estimate of drug-likeness (QED) is 0.634. The van der Waals surface area contributed by atoms with E-state index >= 15 is 0 Å². The summed E-state index contributed by atoms with van der Waals surface area (Å²) in [6.07, 6.45) is 5.80.